The van der Waals surface area contributed by atoms with Gasteiger partial charge in [0, 0.05) is 24.5 Å². The third-order valence-corrected chi connectivity index (χ3v) is 4.68. The molecule has 0 unspecified atom stereocenters. The summed E-state index contributed by atoms with van der Waals surface area (Å²) in [6.07, 6.45) is 5.30. The van der Waals surface area contributed by atoms with E-state index in [-0.39, 0.29) is 0 Å². The van der Waals surface area contributed by atoms with Crippen molar-refractivity contribution in [1.82, 2.24) is 4.37 Å². The van der Waals surface area contributed by atoms with Gasteiger partial charge in [0.1, 0.15) is 5.00 Å². The predicted molar refractivity (Wildman–Crippen MR) is 78.3 cm³/mol. The van der Waals surface area contributed by atoms with Crippen LogP contribution < -0.4 is 10.6 Å². The molecule has 18 heavy (non-hydrogen) atoms. The molecular weight excluding hydrogens is 242 g/mol. The van der Waals surface area contributed by atoms with Gasteiger partial charge in [0.25, 0.3) is 0 Å². The van der Waals surface area contributed by atoms with E-state index in [1.54, 1.807) is 11.5 Å². The Hall–Kier alpha value is -1.13. The van der Waals surface area contributed by atoms with Gasteiger partial charge in [-0.3, -0.25) is 0 Å². The molecule has 1 aliphatic rings. The number of nitrogens with zero attached hydrogens (tertiary/aromatic N) is 2. The smallest absolute Gasteiger partial charge is 0.120 e. The molecule has 4 heteroatoms. The maximum Gasteiger partial charge on any atom is 0.120 e. The Bertz CT molecular complexity index is 516. The van der Waals surface area contributed by atoms with Crippen LogP contribution in [-0.2, 0) is 0 Å². The second-order valence-corrected chi connectivity index (χ2v) is 5.68. The Morgan fingerprint density at radius 3 is 2.83 bits per heavy atom. The van der Waals surface area contributed by atoms with Crippen LogP contribution in [0.15, 0.2) is 24.3 Å². The van der Waals surface area contributed by atoms with Crippen LogP contribution in [0.1, 0.15) is 25.7 Å². The van der Waals surface area contributed by atoms with Crippen LogP contribution in [-0.4, -0.2) is 23.5 Å². The van der Waals surface area contributed by atoms with Gasteiger partial charge in [-0.05, 0) is 36.5 Å². The minimum absolute atomic E-state index is 0.664. The summed E-state index contributed by atoms with van der Waals surface area (Å²) >= 11 is 1.62. The molecule has 0 amide bonds. The van der Waals surface area contributed by atoms with Gasteiger partial charge < -0.3 is 10.6 Å². The number of fused-ring (bicyclic) bond motifs is 1. The van der Waals surface area contributed by atoms with E-state index >= 15 is 0 Å². The van der Waals surface area contributed by atoms with Gasteiger partial charge in [0.05, 0.1) is 5.52 Å². The van der Waals surface area contributed by atoms with Gasteiger partial charge >= 0.3 is 0 Å². The lowest BCUT2D eigenvalue weighted by molar-refractivity contribution is 0.614. The Labute approximate surface area is 112 Å². The van der Waals surface area contributed by atoms with Crippen molar-refractivity contribution < 1.29 is 0 Å². The Morgan fingerprint density at radius 1 is 1.28 bits per heavy atom. The highest BCUT2D eigenvalue weighted by Gasteiger charge is 2.24. The minimum Gasteiger partial charge on any atom is -0.357 e. The summed E-state index contributed by atoms with van der Waals surface area (Å²) in [5.41, 5.74) is 6.90. The summed E-state index contributed by atoms with van der Waals surface area (Å²) in [6.45, 7) is 1.65. The molecule has 2 N–H and O–H groups in total. The lowest BCUT2D eigenvalue weighted by atomic mass is 10.2. The van der Waals surface area contributed by atoms with Crippen LogP contribution in [0.5, 0.6) is 0 Å². The van der Waals surface area contributed by atoms with E-state index < -0.39 is 0 Å². The topological polar surface area (TPSA) is 42.1 Å². The van der Waals surface area contributed by atoms with E-state index in [2.05, 4.69) is 33.5 Å². The van der Waals surface area contributed by atoms with Gasteiger partial charge in [-0.1, -0.05) is 25.0 Å². The number of rotatable bonds is 4. The van der Waals surface area contributed by atoms with Gasteiger partial charge in [0.15, 0.2) is 0 Å². The van der Waals surface area contributed by atoms with Gasteiger partial charge in [0.2, 0.25) is 0 Å². The number of hydrogen-bond acceptors (Lipinski definition) is 4. The van der Waals surface area contributed by atoms with E-state index in [9.17, 15) is 0 Å². The summed E-state index contributed by atoms with van der Waals surface area (Å²) in [7, 11) is 0. The average molecular weight is 261 g/mol. The highest BCUT2D eigenvalue weighted by molar-refractivity contribution is 7.11. The third-order valence-electron chi connectivity index (χ3n) is 3.76. The molecule has 0 saturated heterocycles. The molecule has 1 aliphatic carbocycles. The third kappa shape index (κ3) is 2.10. The van der Waals surface area contributed by atoms with E-state index in [1.165, 1.54) is 36.1 Å². The molecule has 96 valence electrons. The van der Waals surface area contributed by atoms with Crippen molar-refractivity contribution in [3.05, 3.63) is 24.3 Å². The summed E-state index contributed by atoms with van der Waals surface area (Å²) in [5.74, 6) is 0. The Balaban J connectivity index is 1.98. The summed E-state index contributed by atoms with van der Waals surface area (Å²) in [5, 5.41) is 2.59. The molecule has 1 saturated carbocycles. The molecule has 0 spiro atoms. The minimum atomic E-state index is 0.664. The molecular formula is C14H19N3S. The Kier molecular flexibility index (Phi) is 3.48. The second kappa shape index (κ2) is 5.24. The van der Waals surface area contributed by atoms with Gasteiger partial charge in [-0.2, -0.15) is 4.37 Å². The van der Waals surface area contributed by atoms with Crippen molar-refractivity contribution >= 4 is 27.4 Å². The zero-order valence-electron chi connectivity index (χ0n) is 10.5. The summed E-state index contributed by atoms with van der Waals surface area (Å²) < 4.78 is 4.55. The summed E-state index contributed by atoms with van der Waals surface area (Å²) in [4.78, 5) is 2.49. The number of anilines is 1. The molecule has 0 bridgehead atoms. The molecule has 3 rings (SSSR count). The zero-order chi connectivity index (χ0) is 12.4. The largest absolute Gasteiger partial charge is 0.357 e. The molecule has 0 radical (unpaired) electrons. The number of nitrogens with two attached hydrogens (primary N) is 1. The SMILES string of the molecule is NCCN(c1snc2ccccc12)C1CCCC1. The fourth-order valence-electron chi connectivity index (χ4n) is 2.89. The van der Waals surface area contributed by atoms with Crippen LogP contribution >= 0.6 is 11.5 Å². The van der Waals surface area contributed by atoms with Crippen LogP contribution in [0, 0.1) is 0 Å². The lowest BCUT2D eigenvalue weighted by Gasteiger charge is -2.29. The van der Waals surface area contributed by atoms with Crippen molar-refractivity contribution in [2.45, 2.75) is 31.7 Å². The molecule has 1 aromatic carbocycles. The molecule has 2 aromatic rings. The molecule has 0 aliphatic heterocycles. The molecule has 3 nitrogen and oxygen atoms in total. The second-order valence-electron chi connectivity index (χ2n) is 4.93. The lowest BCUT2D eigenvalue weighted by Crippen LogP contribution is -2.36. The summed E-state index contributed by atoms with van der Waals surface area (Å²) in [6, 6.07) is 9.07. The first-order valence-corrected chi connectivity index (χ1v) is 7.48. The number of benzene rings is 1. The van der Waals surface area contributed by atoms with Crippen molar-refractivity contribution in [3.63, 3.8) is 0 Å². The van der Waals surface area contributed by atoms with Gasteiger partial charge in [-0.25, -0.2) is 0 Å². The van der Waals surface area contributed by atoms with Crippen LogP contribution in [0.3, 0.4) is 0 Å². The standard InChI is InChI=1S/C14H19N3S/c15-9-10-17(11-5-1-2-6-11)14-12-7-3-4-8-13(12)16-18-14/h3-4,7-8,11H,1-2,5-6,9-10,15H2. The first-order valence-electron chi connectivity index (χ1n) is 6.71. The Morgan fingerprint density at radius 2 is 2.06 bits per heavy atom. The maximum atomic E-state index is 5.79. The number of hydrogen-bond donors (Lipinski definition) is 1. The highest BCUT2D eigenvalue weighted by atomic mass is 32.1. The van der Waals surface area contributed by atoms with E-state index in [1.807, 2.05) is 0 Å². The highest BCUT2D eigenvalue weighted by Crippen LogP contribution is 2.35. The molecule has 1 heterocycles. The fourth-order valence-corrected chi connectivity index (χ4v) is 3.85. The van der Waals surface area contributed by atoms with E-state index in [0.29, 0.717) is 12.6 Å². The molecule has 1 aromatic heterocycles. The average Bonchev–Trinajstić information content (AvgIpc) is 3.06. The normalized spacial score (nSPS) is 16.5. The van der Waals surface area contributed by atoms with Crippen LogP contribution in [0.4, 0.5) is 5.00 Å². The van der Waals surface area contributed by atoms with Gasteiger partial charge in [-0.15, -0.1) is 0 Å². The zero-order valence-corrected chi connectivity index (χ0v) is 11.3. The van der Waals surface area contributed by atoms with Crippen molar-refractivity contribution in [3.8, 4) is 0 Å². The number of aromatic nitrogens is 1. The van der Waals surface area contributed by atoms with Crippen molar-refractivity contribution in [2.24, 2.45) is 5.73 Å². The molecule has 1 fully saturated rings. The fraction of sp³-hybridized carbons (Fsp3) is 0.500. The first kappa shape index (κ1) is 11.9. The first-order chi connectivity index (χ1) is 8.90. The van der Waals surface area contributed by atoms with E-state index in [0.717, 1.165) is 12.1 Å². The molecule has 0 atom stereocenters. The van der Waals surface area contributed by atoms with Crippen LogP contribution in [0.25, 0.3) is 10.9 Å². The van der Waals surface area contributed by atoms with E-state index in [4.69, 9.17) is 5.73 Å². The van der Waals surface area contributed by atoms with Crippen LogP contribution in [0.2, 0.25) is 0 Å². The monoisotopic (exact) mass is 261 g/mol. The van der Waals surface area contributed by atoms with Crippen molar-refractivity contribution in [1.29, 1.82) is 0 Å². The predicted octanol–water partition coefficient (Wildman–Crippen LogP) is 3.00. The maximum absolute atomic E-state index is 5.79. The van der Waals surface area contributed by atoms with Crippen molar-refractivity contribution in [2.75, 3.05) is 18.0 Å². The quantitative estimate of drug-likeness (QED) is 0.920.